The van der Waals surface area contributed by atoms with E-state index in [0.717, 1.165) is 0 Å². The summed E-state index contributed by atoms with van der Waals surface area (Å²) in [5.41, 5.74) is 0.355. The molecule has 0 aliphatic carbocycles. The second kappa shape index (κ2) is 5.83. The molecule has 0 aliphatic heterocycles. The van der Waals surface area contributed by atoms with Crippen LogP contribution in [0.5, 0.6) is 0 Å². The number of rotatable bonds is 4. The van der Waals surface area contributed by atoms with Gasteiger partial charge in [0, 0.05) is 23.4 Å². The first-order valence-corrected chi connectivity index (χ1v) is 6.07. The Labute approximate surface area is 114 Å². The first-order chi connectivity index (χ1) is 9.06. The van der Waals surface area contributed by atoms with Crippen molar-refractivity contribution in [1.82, 2.24) is 15.5 Å². The Balaban J connectivity index is 1.89. The number of aromatic nitrogens is 2. The first kappa shape index (κ1) is 13.5. The fraction of sp³-hybridized carbons (Fsp3) is 0.250. The summed E-state index contributed by atoms with van der Waals surface area (Å²) >= 11 is 3.92. The molecule has 0 bridgehead atoms. The maximum atomic E-state index is 13.0. The molecule has 19 heavy (non-hydrogen) atoms. The van der Waals surface area contributed by atoms with Gasteiger partial charge < -0.3 is 9.84 Å². The van der Waals surface area contributed by atoms with Crippen LogP contribution in [0.25, 0.3) is 0 Å². The molecule has 0 atom stereocenters. The Morgan fingerprint density at radius 2 is 2.32 bits per heavy atom. The molecule has 1 heterocycles. The highest BCUT2D eigenvalue weighted by atomic mass is 32.1. The average molecular weight is 281 g/mol. The lowest BCUT2D eigenvalue weighted by atomic mass is 10.2. The van der Waals surface area contributed by atoms with Gasteiger partial charge in [-0.05, 0) is 25.1 Å². The van der Waals surface area contributed by atoms with E-state index in [-0.39, 0.29) is 10.8 Å². The monoisotopic (exact) mass is 281 g/mol. The summed E-state index contributed by atoms with van der Waals surface area (Å²) in [6, 6.07) is 3.99. The molecule has 100 valence electrons. The van der Waals surface area contributed by atoms with Crippen LogP contribution in [0, 0.1) is 12.7 Å². The molecule has 1 aromatic heterocycles. The average Bonchev–Trinajstić information content (AvgIpc) is 2.78. The quantitative estimate of drug-likeness (QED) is 0.838. The van der Waals surface area contributed by atoms with Crippen LogP contribution in [-0.2, 0) is 6.42 Å². The van der Waals surface area contributed by atoms with Crippen LogP contribution >= 0.6 is 12.6 Å². The minimum atomic E-state index is -0.457. The topological polar surface area (TPSA) is 68.0 Å². The zero-order chi connectivity index (χ0) is 13.8. The smallest absolute Gasteiger partial charge is 0.251 e. The molecular formula is C12H12FN3O2S. The Hall–Kier alpha value is -1.89. The van der Waals surface area contributed by atoms with E-state index in [0.29, 0.717) is 30.2 Å². The van der Waals surface area contributed by atoms with E-state index in [4.69, 9.17) is 4.52 Å². The molecule has 0 unspecified atom stereocenters. The third-order valence-electron chi connectivity index (χ3n) is 2.40. The standard InChI is InChI=1S/C12H12FN3O2S/c1-7-15-11(18-16-7)4-5-14-12(17)8-2-3-9(13)10(19)6-8/h2-3,6,19H,4-5H2,1H3,(H,14,17). The van der Waals surface area contributed by atoms with Crippen LogP contribution < -0.4 is 5.32 Å². The third-order valence-corrected chi connectivity index (χ3v) is 2.75. The number of halogens is 1. The molecule has 0 aliphatic rings. The lowest BCUT2D eigenvalue weighted by molar-refractivity contribution is 0.0953. The molecule has 2 rings (SSSR count). The second-order valence-corrected chi connectivity index (χ2v) is 4.39. The van der Waals surface area contributed by atoms with Crippen molar-refractivity contribution in [2.24, 2.45) is 0 Å². The molecule has 1 N–H and O–H groups in total. The summed E-state index contributed by atoms with van der Waals surface area (Å²) in [6.07, 6.45) is 0.446. The van der Waals surface area contributed by atoms with E-state index in [9.17, 15) is 9.18 Å². The minimum Gasteiger partial charge on any atom is -0.352 e. The molecule has 0 radical (unpaired) electrons. The number of carbonyl (C=O) groups is 1. The van der Waals surface area contributed by atoms with Gasteiger partial charge in [0.15, 0.2) is 5.82 Å². The van der Waals surface area contributed by atoms with E-state index in [1.54, 1.807) is 6.92 Å². The van der Waals surface area contributed by atoms with Gasteiger partial charge in [0.25, 0.3) is 5.91 Å². The largest absolute Gasteiger partial charge is 0.352 e. The minimum absolute atomic E-state index is 0.139. The molecule has 0 spiro atoms. The van der Waals surface area contributed by atoms with Crippen LogP contribution in [0.2, 0.25) is 0 Å². The Morgan fingerprint density at radius 1 is 1.53 bits per heavy atom. The van der Waals surface area contributed by atoms with Crippen LogP contribution in [0.3, 0.4) is 0 Å². The number of benzene rings is 1. The van der Waals surface area contributed by atoms with E-state index in [2.05, 4.69) is 28.1 Å². The number of nitrogens with zero attached hydrogens (tertiary/aromatic N) is 2. The lowest BCUT2D eigenvalue weighted by Crippen LogP contribution is -2.25. The summed E-state index contributed by atoms with van der Waals surface area (Å²) in [7, 11) is 0. The normalized spacial score (nSPS) is 10.5. The van der Waals surface area contributed by atoms with E-state index in [1.165, 1.54) is 18.2 Å². The molecular weight excluding hydrogens is 269 g/mol. The van der Waals surface area contributed by atoms with Gasteiger partial charge in [0.1, 0.15) is 5.82 Å². The molecule has 7 heteroatoms. The Bertz CT molecular complexity index is 600. The lowest BCUT2D eigenvalue weighted by Gasteiger charge is -2.04. The predicted molar refractivity (Wildman–Crippen MR) is 68.7 cm³/mol. The van der Waals surface area contributed by atoms with E-state index in [1.807, 2.05) is 0 Å². The molecule has 2 aromatic rings. The first-order valence-electron chi connectivity index (χ1n) is 5.62. The summed E-state index contributed by atoms with van der Waals surface area (Å²) in [6.45, 7) is 2.08. The van der Waals surface area contributed by atoms with Gasteiger partial charge in [0.2, 0.25) is 5.89 Å². The SMILES string of the molecule is Cc1noc(CCNC(=O)c2ccc(F)c(S)c2)n1. The third kappa shape index (κ3) is 3.54. The number of aryl methyl sites for hydroxylation is 1. The Kier molecular flexibility index (Phi) is 4.16. The number of carbonyl (C=O) groups excluding carboxylic acids is 1. The number of nitrogens with one attached hydrogen (secondary N) is 1. The molecule has 0 saturated heterocycles. The highest BCUT2D eigenvalue weighted by molar-refractivity contribution is 7.80. The zero-order valence-electron chi connectivity index (χ0n) is 10.2. The zero-order valence-corrected chi connectivity index (χ0v) is 11.1. The predicted octanol–water partition coefficient (Wildman–Crippen LogP) is 1.78. The van der Waals surface area contributed by atoms with Crippen molar-refractivity contribution in [3.05, 3.63) is 41.3 Å². The van der Waals surface area contributed by atoms with Gasteiger partial charge in [0.05, 0.1) is 0 Å². The van der Waals surface area contributed by atoms with Crippen molar-refractivity contribution in [3.8, 4) is 0 Å². The summed E-state index contributed by atoms with van der Waals surface area (Å²) in [4.78, 5) is 15.9. The van der Waals surface area contributed by atoms with Crippen LogP contribution in [0.15, 0.2) is 27.6 Å². The van der Waals surface area contributed by atoms with Gasteiger partial charge in [-0.1, -0.05) is 5.16 Å². The van der Waals surface area contributed by atoms with Crippen molar-refractivity contribution in [3.63, 3.8) is 0 Å². The summed E-state index contributed by atoms with van der Waals surface area (Å²) in [5, 5.41) is 6.32. The van der Waals surface area contributed by atoms with Gasteiger partial charge in [-0.2, -0.15) is 4.98 Å². The van der Waals surface area contributed by atoms with Crippen LogP contribution in [-0.4, -0.2) is 22.6 Å². The highest BCUT2D eigenvalue weighted by Gasteiger charge is 2.09. The van der Waals surface area contributed by atoms with E-state index < -0.39 is 5.82 Å². The second-order valence-electron chi connectivity index (χ2n) is 3.91. The highest BCUT2D eigenvalue weighted by Crippen LogP contribution is 2.14. The van der Waals surface area contributed by atoms with Gasteiger partial charge in [-0.3, -0.25) is 4.79 Å². The van der Waals surface area contributed by atoms with Crippen molar-refractivity contribution >= 4 is 18.5 Å². The van der Waals surface area contributed by atoms with Crippen molar-refractivity contribution < 1.29 is 13.7 Å². The number of thiol groups is 1. The van der Waals surface area contributed by atoms with Crippen LogP contribution in [0.1, 0.15) is 22.1 Å². The number of hydrogen-bond acceptors (Lipinski definition) is 5. The van der Waals surface area contributed by atoms with Crippen molar-refractivity contribution in [1.29, 1.82) is 0 Å². The molecule has 5 nitrogen and oxygen atoms in total. The van der Waals surface area contributed by atoms with Crippen LogP contribution in [0.4, 0.5) is 4.39 Å². The summed E-state index contributed by atoms with van der Waals surface area (Å²) in [5.74, 6) is 0.263. The number of hydrogen-bond donors (Lipinski definition) is 2. The molecule has 1 amide bonds. The fourth-order valence-electron chi connectivity index (χ4n) is 1.48. The van der Waals surface area contributed by atoms with Gasteiger partial charge in [-0.25, -0.2) is 4.39 Å². The summed E-state index contributed by atoms with van der Waals surface area (Å²) < 4.78 is 17.9. The molecule has 1 aromatic carbocycles. The van der Waals surface area contributed by atoms with Gasteiger partial charge in [-0.15, -0.1) is 12.6 Å². The maximum Gasteiger partial charge on any atom is 0.251 e. The van der Waals surface area contributed by atoms with Crippen molar-refractivity contribution in [2.75, 3.05) is 6.54 Å². The van der Waals surface area contributed by atoms with Gasteiger partial charge >= 0.3 is 0 Å². The van der Waals surface area contributed by atoms with Crippen molar-refractivity contribution in [2.45, 2.75) is 18.2 Å². The fourth-order valence-corrected chi connectivity index (χ4v) is 1.69. The molecule has 0 fully saturated rings. The van der Waals surface area contributed by atoms with E-state index >= 15 is 0 Å². The molecule has 0 saturated carbocycles. The maximum absolute atomic E-state index is 13.0. The Morgan fingerprint density at radius 3 is 2.95 bits per heavy atom. The number of amides is 1.